The molecule has 4 N–H and O–H groups in total. The Morgan fingerprint density at radius 3 is 1.77 bits per heavy atom. The average Bonchev–Trinajstić information content (AvgIpc) is 3.72. The highest BCUT2D eigenvalue weighted by molar-refractivity contribution is 6.10. The van der Waals surface area contributed by atoms with E-state index in [9.17, 15) is 0 Å². The first-order valence-electron chi connectivity index (χ1n) is 13.1. The first-order chi connectivity index (χ1) is 19.7. The van der Waals surface area contributed by atoms with Crippen LogP contribution in [0, 0.1) is 5.41 Å². The number of hydrogen-bond donors (Lipinski definition) is 4. The lowest BCUT2D eigenvalue weighted by Crippen LogP contribution is -2.08. The molecule has 0 aliphatic heterocycles. The van der Waals surface area contributed by atoms with Gasteiger partial charge in [0.25, 0.3) is 0 Å². The molecule has 0 radical (unpaired) electrons. The van der Waals surface area contributed by atoms with Crippen molar-refractivity contribution in [1.82, 2.24) is 25.7 Å². The molecule has 194 valence electrons. The van der Waals surface area contributed by atoms with Gasteiger partial charge < -0.3 is 10.7 Å². The van der Waals surface area contributed by atoms with Crippen molar-refractivity contribution in [3.8, 4) is 45.0 Å². The summed E-state index contributed by atoms with van der Waals surface area (Å²) in [5.41, 5.74) is 11.0. The standard InChI is InChI=1S/C34H28N6/c1-36-30(20-29(35)23-10-4-2-5-11-23)25-14-8-15-26(18-25)33-22-34(40-39-33)28-17-9-16-27(19-28)32-21-31(37-38-32)24-12-6-3-7-13-24/h2-22,35-36H,1H3,(H,37,38)(H,39,40)/b30-20-,35-29?. The van der Waals surface area contributed by atoms with Crippen LogP contribution in [0.25, 0.3) is 50.7 Å². The third-order valence-corrected chi connectivity index (χ3v) is 6.82. The summed E-state index contributed by atoms with van der Waals surface area (Å²) in [6, 6.07) is 40.5. The van der Waals surface area contributed by atoms with E-state index in [2.05, 4.69) is 74.2 Å². The number of aromatic nitrogens is 4. The zero-order chi connectivity index (χ0) is 27.3. The first-order valence-corrected chi connectivity index (χ1v) is 13.1. The van der Waals surface area contributed by atoms with Crippen molar-refractivity contribution in [2.24, 2.45) is 0 Å². The highest BCUT2D eigenvalue weighted by Crippen LogP contribution is 2.30. The van der Waals surface area contributed by atoms with Crippen LogP contribution in [0.2, 0.25) is 0 Å². The van der Waals surface area contributed by atoms with Gasteiger partial charge in [0, 0.05) is 35.0 Å². The van der Waals surface area contributed by atoms with Crippen molar-refractivity contribution in [3.63, 3.8) is 0 Å². The monoisotopic (exact) mass is 520 g/mol. The first kappa shape index (κ1) is 24.8. The minimum atomic E-state index is 0.449. The zero-order valence-electron chi connectivity index (χ0n) is 22.0. The molecule has 0 atom stereocenters. The number of nitrogens with zero attached hydrogens (tertiary/aromatic N) is 2. The van der Waals surface area contributed by atoms with Gasteiger partial charge in [-0.15, -0.1) is 0 Å². The summed E-state index contributed by atoms with van der Waals surface area (Å²) in [5, 5.41) is 27.3. The van der Waals surface area contributed by atoms with Crippen LogP contribution in [-0.4, -0.2) is 33.2 Å². The maximum Gasteiger partial charge on any atom is 0.0927 e. The summed E-state index contributed by atoms with van der Waals surface area (Å²) in [6.45, 7) is 0. The Morgan fingerprint density at radius 1 is 0.600 bits per heavy atom. The Balaban J connectivity index is 1.25. The van der Waals surface area contributed by atoms with Crippen LogP contribution in [0.1, 0.15) is 11.1 Å². The van der Waals surface area contributed by atoms with Crippen molar-refractivity contribution >= 4 is 11.4 Å². The molecular formula is C34H28N6. The number of H-pyrrole nitrogens is 2. The van der Waals surface area contributed by atoms with Gasteiger partial charge in [0.2, 0.25) is 0 Å². The molecule has 2 aromatic heterocycles. The zero-order valence-corrected chi connectivity index (χ0v) is 22.0. The van der Waals surface area contributed by atoms with Crippen molar-refractivity contribution in [2.45, 2.75) is 0 Å². The molecule has 6 rings (SSSR count). The lowest BCUT2D eigenvalue weighted by atomic mass is 10.0. The van der Waals surface area contributed by atoms with Gasteiger partial charge in [-0.05, 0) is 41.5 Å². The van der Waals surface area contributed by atoms with Gasteiger partial charge in [0.15, 0.2) is 0 Å². The third-order valence-electron chi connectivity index (χ3n) is 6.82. The number of rotatable bonds is 8. The normalized spacial score (nSPS) is 11.4. The van der Waals surface area contributed by atoms with E-state index in [-0.39, 0.29) is 0 Å². The number of benzene rings is 4. The largest absolute Gasteiger partial charge is 0.388 e. The van der Waals surface area contributed by atoms with Gasteiger partial charge in [0.05, 0.1) is 28.5 Å². The fourth-order valence-corrected chi connectivity index (χ4v) is 4.69. The second kappa shape index (κ2) is 11.1. The van der Waals surface area contributed by atoms with Gasteiger partial charge in [0.1, 0.15) is 0 Å². The molecule has 0 spiro atoms. The molecule has 0 bridgehead atoms. The molecule has 6 heteroatoms. The molecule has 6 nitrogen and oxygen atoms in total. The van der Waals surface area contributed by atoms with Crippen LogP contribution in [0.4, 0.5) is 0 Å². The van der Waals surface area contributed by atoms with Gasteiger partial charge in [-0.25, -0.2) is 0 Å². The molecular weight excluding hydrogens is 492 g/mol. The van der Waals surface area contributed by atoms with E-state index in [1.54, 1.807) is 0 Å². The van der Waals surface area contributed by atoms with Gasteiger partial charge >= 0.3 is 0 Å². The van der Waals surface area contributed by atoms with Gasteiger partial charge in [-0.2, -0.15) is 10.2 Å². The molecule has 0 aliphatic carbocycles. The van der Waals surface area contributed by atoms with E-state index in [0.29, 0.717) is 5.71 Å². The Labute approximate surface area is 233 Å². The summed E-state index contributed by atoms with van der Waals surface area (Å²) < 4.78 is 0. The summed E-state index contributed by atoms with van der Waals surface area (Å²) in [5.74, 6) is 0. The van der Waals surface area contributed by atoms with Crippen LogP contribution in [-0.2, 0) is 0 Å². The van der Waals surface area contributed by atoms with Gasteiger partial charge in [-0.3, -0.25) is 10.2 Å². The average molecular weight is 521 g/mol. The topological polar surface area (TPSA) is 93.2 Å². The number of hydrogen-bond acceptors (Lipinski definition) is 4. The highest BCUT2D eigenvalue weighted by Gasteiger charge is 2.11. The van der Waals surface area contributed by atoms with Crippen LogP contribution in [0.3, 0.4) is 0 Å². The molecule has 0 saturated heterocycles. The molecule has 0 aliphatic rings. The van der Waals surface area contributed by atoms with E-state index in [4.69, 9.17) is 5.41 Å². The Morgan fingerprint density at radius 2 is 1.12 bits per heavy atom. The van der Waals surface area contributed by atoms with Crippen LogP contribution in [0.15, 0.2) is 127 Å². The summed E-state index contributed by atoms with van der Waals surface area (Å²) in [6.07, 6.45) is 1.86. The van der Waals surface area contributed by atoms with Crippen molar-refractivity contribution in [2.75, 3.05) is 7.05 Å². The summed E-state index contributed by atoms with van der Waals surface area (Å²) in [7, 11) is 1.87. The second-order valence-corrected chi connectivity index (χ2v) is 9.45. The fraction of sp³-hybridized carbons (Fsp3) is 0.0294. The smallest absolute Gasteiger partial charge is 0.0927 e. The molecule has 4 aromatic carbocycles. The van der Waals surface area contributed by atoms with E-state index in [1.165, 1.54) is 0 Å². The maximum atomic E-state index is 8.51. The van der Waals surface area contributed by atoms with Crippen LogP contribution in [0.5, 0.6) is 0 Å². The fourth-order valence-electron chi connectivity index (χ4n) is 4.69. The number of allylic oxidation sites excluding steroid dienone is 1. The minimum absolute atomic E-state index is 0.449. The molecule has 0 saturated carbocycles. The number of nitrogens with one attached hydrogen (secondary N) is 4. The van der Waals surface area contributed by atoms with Crippen molar-refractivity contribution < 1.29 is 0 Å². The van der Waals surface area contributed by atoms with E-state index in [1.807, 2.05) is 85.9 Å². The predicted molar refractivity (Wildman–Crippen MR) is 163 cm³/mol. The number of aromatic amines is 2. The lowest BCUT2D eigenvalue weighted by molar-refractivity contribution is 1.09. The molecule has 2 heterocycles. The predicted octanol–water partition coefficient (Wildman–Crippen LogP) is 7.43. The quantitative estimate of drug-likeness (QED) is 0.157. The maximum absolute atomic E-state index is 8.51. The van der Waals surface area contributed by atoms with E-state index in [0.717, 1.165) is 61.9 Å². The van der Waals surface area contributed by atoms with Crippen molar-refractivity contribution in [3.05, 3.63) is 139 Å². The SMILES string of the molecule is CN/C(=C\C(=N)c1ccccc1)c1cccc(-c2cc(-c3cccc(-c4cc(-c5ccccc5)n[nH]4)c3)[nH]n2)c1. The lowest BCUT2D eigenvalue weighted by Gasteiger charge is -2.09. The van der Waals surface area contributed by atoms with Crippen molar-refractivity contribution in [1.29, 1.82) is 5.41 Å². The summed E-state index contributed by atoms with van der Waals surface area (Å²) in [4.78, 5) is 0. The minimum Gasteiger partial charge on any atom is -0.388 e. The van der Waals surface area contributed by atoms with Crippen LogP contribution >= 0.6 is 0 Å². The molecule has 40 heavy (non-hydrogen) atoms. The molecule has 6 aromatic rings. The van der Waals surface area contributed by atoms with E-state index >= 15 is 0 Å². The Hall–Kier alpha value is -5.49. The van der Waals surface area contributed by atoms with Gasteiger partial charge in [-0.1, -0.05) is 97.1 Å². The Bertz CT molecular complexity index is 1790. The van der Waals surface area contributed by atoms with Crippen LogP contribution < -0.4 is 5.32 Å². The summed E-state index contributed by atoms with van der Waals surface area (Å²) >= 11 is 0. The highest BCUT2D eigenvalue weighted by atomic mass is 15.1. The van der Waals surface area contributed by atoms with E-state index < -0.39 is 0 Å². The molecule has 0 amide bonds. The molecule has 0 unspecified atom stereocenters. The third kappa shape index (κ3) is 5.24. The Kier molecular flexibility index (Phi) is 6.88. The second-order valence-electron chi connectivity index (χ2n) is 9.45. The molecule has 0 fully saturated rings.